The van der Waals surface area contributed by atoms with Crippen molar-refractivity contribution in [2.24, 2.45) is 5.92 Å². The Morgan fingerprint density at radius 3 is 2.73 bits per heavy atom. The van der Waals surface area contributed by atoms with E-state index >= 15 is 0 Å². The van der Waals surface area contributed by atoms with Crippen LogP contribution in [0, 0.1) is 5.92 Å². The molecule has 1 aromatic rings. The molecule has 0 spiro atoms. The number of rotatable bonds is 4. The molecule has 2 rings (SSSR count). The Labute approximate surface area is 91.5 Å². The van der Waals surface area contributed by atoms with E-state index in [1.165, 1.54) is 12.8 Å². The molecule has 1 aromatic heterocycles. The molecule has 0 saturated heterocycles. The van der Waals surface area contributed by atoms with Crippen LogP contribution in [0.4, 0.5) is 11.6 Å². The van der Waals surface area contributed by atoms with Crippen LogP contribution >= 0.6 is 0 Å². The van der Waals surface area contributed by atoms with Crippen molar-refractivity contribution < 1.29 is 0 Å². The largest absolute Gasteiger partial charge is 0.367 e. The zero-order valence-corrected chi connectivity index (χ0v) is 9.70. The van der Waals surface area contributed by atoms with Gasteiger partial charge in [0.2, 0.25) is 0 Å². The van der Waals surface area contributed by atoms with Gasteiger partial charge >= 0.3 is 0 Å². The second-order valence-electron chi connectivity index (χ2n) is 4.55. The van der Waals surface area contributed by atoms with Crippen molar-refractivity contribution >= 4 is 11.6 Å². The van der Waals surface area contributed by atoms with Gasteiger partial charge in [0, 0.05) is 20.1 Å². The molecule has 0 bridgehead atoms. The van der Waals surface area contributed by atoms with Gasteiger partial charge in [-0.2, -0.15) is 0 Å². The lowest BCUT2D eigenvalue weighted by atomic mass is 10.2. The topological polar surface area (TPSA) is 28.2 Å². The van der Waals surface area contributed by atoms with Crippen LogP contribution in [0.5, 0.6) is 0 Å². The predicted octanol–water partition coefficient (Wildman–Crippen LogP) is 2.36. The Bertz CT molecular complexity index is 331. The van der Waals surface area contributed by atoms with E-state index in [4.69, 9.17) is 0 Å². The van der Waals surface area contributed by atoms with Crippen LogP contribution in [0.2, 0.25) is 0 Å². The van der Waals surface area contributed by atoms with Gasteiger partial charge in [-0.25, -0.2) is 4.98 Å². The number of anilines is 2. The number of aromatic nitrogens is 1. The zero-order valence-electron chi connectivity index (χ0n) is 9.70. The highest BCUT2D eigenvalue weighted by Gasteiger charge is 2.27. The number of hydrogen-bond acceptors (Lipinski definition) is 3. The maximum atomic E-state index is 4.54. The molecule has 0 aromatic carbocycles. The van der Waals surface area contributed by atoms with Crippen molar-refractivity contribution in [3.05, 3.63) is 18.2 Å². The lowest BCUT2D eigenvalue weighted by Crippen LogP contribution is -2.19. The first kappa shape index (κ1) is 10.3. The van der Waals surface area contributed by atoms with Crippen molar-refractivity contribution in [1.82, 2.24) is 4.98 Å². The van der Waals surface area contributed by atoms with Gasteiger partial charge in [0.05, 0.1) is 0 Å². The number of hydrogen-bond donors (Lipinski definition) is 1. The summed E-state index contributed by atoms with van der Waals surface area (Å²) in [5.74, 6) is 2.85. The van der Waals surface area contributed by atoms with E-state index in [0.29, 0.717) is 6.04 Å². The fourth-order valence-corrected chi connectivity index (χ4v) is 1.70. The minimum atomic E-state index is 0.551. The first-order valence-corrected chi connectivity index (χ1v) is 5.58. The quantitative estimate of drug-likeness (QED) is 0.818. The zero-order chi connectivity index (χ0) is 10.8. The minimum Gasteiger partial charge on any atom is -0.367 e. The van der Waals surface area contributed by atoms with E-state index in [-0.39, 0.29) is 0 Å². The average molecular weight is 205 g/mol. The third kappa shape index (κ3) is 2.61. The standard InChI is InChI=1S/C12H19N3/c1-9(10-7-8-10)13-11-5-4-6-12(14-11)15(2)3/h4-6,9-10H,7-8H2,1-3H3,(H,13,14). The Morgan fingerprint density at radius 1 is 1.40 bits per heavy atom. The van der Waals surface area contributed by atoms with Crippen molar-refractivity contribution in [2.75, 3.05) is 24.3 Å². The molecule has 1 aliphatic carbocycles. The van der Waals surface area contributed by atoms with Crippen molar-refractivity contribution in [3.8, 4) is 0 Å². The summed E-state index contributed by atoms with van der Waals surface area (Å²) < 4.78 is 0. The molecule has 0 amide bonds. The van der Waals surface area contributed by atoms with Crippen LogP contribution in [0.1, 0.15) is 19.8 Å². The molecule has 1 saturated carbocycles. The highest BCUT2D eigenvalue weighted by atomic mass is 15.2. The van der Waals surface area contributed by atoms with E-state index in [1.54, 1.807) is 0 Å². The maximum Gasteiger partial charge on any atom is 0.130 e. The second-order valence-corrected chi connectivity index (χ2v) is 4.55. The van der Waals surface area contributed by atoms with Crippen LogP contribution in [0.3, 0.4) is 0 Å². The first-order chi connectivity index (χ1) is 7.16. The molecule has 1 unspecified atom stereocenters. The van der Waals surface area contributed by atoms with Crippen LogP contribution in [-0.2, 0) is 0 Å². The summed E-state index contributed by atoms with van der Waals surface area (Å²) >= 11 is 0. The summed E-state index contributed by atoms with van der Waals surface area (Å²) in [4.78, 5) is 6.56. The number of nitrogens with zero attached hydrogens (tertiary/aromatic N) is 2. The fourth-order valence-electron chi connectivity index (χ4n) is 1.70. The van der Waals surface area contributed by atoms with Crippen LogP contribution in [-0.4, -0.2) is 25.1 Å². The Hall–Kier alpha value is -1.25. The highest BCUT2D eigenvalue weighted by Crippen LogP contribution is 2.33. The molecule has 1 atom stereocenters. The SMILES string of the molecule is CC(Nc1cccc(N(C)C)n1)C1CC1. The Balaban J connectivity index is 2.03. The predicted molar refractivity (Wildman–Crippen MR) is 64.4 cm³/mol. The van der Waals surface area contributed by atoms with Gasteiger partial charge in [-0.3, -0.25) is 0 Å². The van der Waals surface area contributed by atoms with Crippen LogP contribution in [0.15, 0.2) is 18.2 Å². The third-order valence-electron chi connectivity index (χ3n) is 2.90. The normalized spacial score (nSPS) is 17.3. The lowest BCUT2D eigenvalue weighted by Gasteiger charge is -2.16. The Kier molecular flexibility index (Phi) is 2.80. The van der Waals surface area contributed by atoms with E-state index in [0.717, 1.165) is 17.6 Å². The minimum absolute atomic E-state index is 0.551. The number of nitrogens with one attached hydrogen (secondary N) is 1. The smallest absolute Gasteiger partial charge is 0.130 e. The van der Waals surface area contributed by atoms with E-state index in [2.05, 4.69) is 17.2 Å². The first-order valence-electron chi connectivity index (χ1n) is 5.58. The summed E-state index contributed by atoms with van der Waals surface area (Å²) in [6.07, 6.45) is 2.73. The van der Waals surface area contributed by atoms with Crippen LogP contribution < -0.4 is 10.2 Å². The van der Waals surface area contributed by atoms with Crippen LogP contribution in [0.25, 0.3) is 0 Å². The van der Waals surface area contributed by atoms with Gasteiger partial charge in [-0.05, 0) is 37.8 Å². The molecule has 15 heavy (non-hydrogen) atoms. The molecule has 1 aliphatic rings. The average Bonchev–Trinajstić information content (AvgIpc) is 3.01. The molecular formula is C12H19N3. The lowest BCUT2D eigenvalue weighted by molar-refractivity contribution is 0.690. The fraction of sp³-hybridized carbons (Fsp3) is 0.583. The van der Waals surface area contributed by atoms with Gasteiger partial charge in [0.25, 0.3) is 0 Å². The molecule has 1 fully saturated rings. The van der Waals surface area contributed by atoms with E-state index in [1.807, 2.05) is 37.2 Å². The molecule has 0 radical (unpaired) electrons. The van der Waals surface area contributed by atoms with E-state index < -0.39 is 0 Å². The number of pyridine rings is 1. The molecule has 0 aliphatic heterocycles. The molecule has 1 N–H and O–H groups in total. The summed E-state index contributed by atoms with van der Waals surface area (Å²) in [5.41, 5.74) is 0. The maximum absolute atomic E-state index is 4.54. The summed E-state index contributed by atoms with van der Waals surface area (Å²) in [7, 11) is 4.02. The van der Waals surface area contributed by atoms with Gasteiger partial charge in [-0.1, -0.05) is 6.07 Å². The summed E-state index contributed by atoms with van der Waals surface area (Å²) in [6.45, 7) is 2.24. The van der Waals surface area contributed by atoms with Gasteiger partial charge in [0.15, 0.2) is 0 Å². The molecule has 3 heteroatoms. The summed E-state index contributed by atoms with van der Waals surface area (Å²) in [5, 5.41) is 3.46. The van der Waals surface area contributed by atoms with E-state index in [9.17, 15) is 0 Å². The van der Waals surface area contributed by atoms with Crippen molar-refractivity contribution in [2.45, 2.75) is 25.8 Å². The molecule has 1 heterocycles. The monoisotopic (exact) mass is 205 g/mol. The highest BCUT2D eigenvalue weighted by molar-refractivity contribution is 5.46. The molecule has 82 valence electrons. The van der Waals surface area contributed by atoms with Crippen molar-refractivity contribution in [3.63, 3.8) is 0 Å². The summed E-state index contributed by atoms with van der Waals surface area (Å²) in [6, 6.07) is 6.65. The van der Waals surface area contributed by atoms with Gasteiger partial charge in [0.1, 0.15) is 11.6 Å². The van der Waals surface area contributed by atoms with Gasteiger partial charge in [-0.15, -0.1) is 0 Å². The third-order valence-corrected chi connectivity index (χ3v) is 2.90. The van der Waals surface area contributed by atoms with Crippen molar-refractivity contribution in [1.29, 1.82) is 0 Å². The second kappa shape index (κ2) is 4.09. The Morgan fingerprint density at radius 2 is 2.13 bits per heavy atom. The molecule has 3 nitrogen and oxygen atoms in total. The molecular weight excluding hydrogens is 186 g/mol. The van der Waals surface area contributed by atoms with Gasteiger partial charge < -0.3 is 10.2 Å².